The Balaban J connectivity index is 0. The molecule has 12 heavy (non-hydrogen) atoms. The first kappa shape index (κ1) is 15.0. The van der Waals surface area contributed by atoms with Crippen LogP contribution in [0.2, 0.25) is 0 Å². The lowest BCUT2D eigenvalue weighted by Crippen LogP contribution is -2.53. The number of hydrogen-bond donors (Lipinski definition) is 2. The zero-order valence-electron chi connectivity index (χ0n) is 7.80. The monoisotopic (exact) mass is 214 g/mol. The predicted octanol–water partition coefficient (Wildman–Crippen LogP) is 1.58. The fourth-order valence-corrected chi connectivity index (χ4v) is 1.34. The van der Waals surface area contributed by atoms with E-state index in [1.165, 1.54) is 12.8 Å². The Bertz CT molecular complexity index is 81.1. The minimum atomic E-state index is 0. The summed E-state index contributed by atoms with van der Waals surface area (Å²) in [6.45, 7) is 6.75. The predicted molar refractivity (Wildman–Crippen MR) is 58.7 cm³/mol. The normalized spacial score (nSPS) is 28.5. The molecule has 76 valence electrons. The van der Waals surface area contributed by atoms with Crippen LogP contribution in [0.4, 0.5) is 0 Å². The molecule has 0 aromatic heterocycles. The lowest BCUT2D eigenvalue weighted by Gasteiger charge is -2.29. The molecule has 2 unspecified atom stereocenters. The summed E-state index contributed by atoms with van der Waals surface area (Å²) < 4.78 is 0. The molecule has 1 fully saturated rings. The minimum absolute atomic E-state index is 0. The first-order valence-corrected chi connectivity index (χ1v) is 4.33. The van der Waals surface area contributed by atoms with Gasteiger partial charge in [-0.05, 0) is 12.8 Å². The van der Waals surface area contributed by atoms with E-state index in [9.17, 15) is 0 Å². The Morgan fingerprint density at radius 3 is 1.42 bits per heavy atom. The second kappa shape index (κ2) is 8.11. The number of hydrogen-bond acceptors (Lipinski definition) is 2. The molecule has 0 aliphatic carbocycles. The molecule has 2 N–H and O–H groups in total. The van der Waals surface area contributed by atoms with Gasteiger partial charge in [-0.15, -0.1) is 24.8 Å². The third kappa shape index (κ3) is 4.51. The molecule has 4 heteroatoms. The smallest absolute Gasteiger partial charge is 0.0190 e. The van der Waals surface area contributed by atoms with Gasteiger partial charge in [0.2, 0.25) is 0 Å². The van der Waals surface area contributed by atoms with Crippen molar-refractivity contribution < 1.29 is 0 Å². The van der Waals surface area contributed by atoms with Gasteiger partial charge in [0.1, 0.15) is 0 Å². The number of piperazine rings is 1. The Hall–Kier alpha value is 0.500. The second-order valence-electron chi connectivity index (χ2n) is 3.03. The zero-order valence-corrected chi connectivity index (χ0v) is 9.43. The van der Waals surface area contributed by atoms with Crippen molar-refractivity contribution >= 4 is 24.8 Å². The molecule has 0 radical (unpaired) electrons. The summed E-state index contributed by atoms with van der Waals surface area (Å²) >= 11 is 0. The molecule has 2 nitrogen and oxygen atoms in total. The standard InChI is InChI=1S/C8H18N2.2ClH/c1-3-7-5-10-8(4-2)6-9-7;;/h7-10H,3-6H2,1-2H3;2*1H. The Morgan fingerprint density at radius 2 is 1.25 bits per heavy atom. The van der Waals surface area contributed by atoms with Crippen LogP contribution in [-0.4, -0.2) is 25.2 Å². The van der Waals surface area contributed by atoms with Gasteiger partial charge >= 0.3 is 0 Å². The summed E-state index contributed by atoms with van der Waals surface area (Å²) in [5.41, 5.74) is 0. The van der Waals surface area contributed by atoms with Gasteiger partial charge in [0.05, 0.1) is 0 Å². The van der Waals surface area contributed by atoms with Crippen molar-refractivity contribution in [2.75, 3.05) is 13.1 Å². The SMILES string of the molecule is CCC1CNC(CC)CN1.Cl.Cl. The van der Waals surface area contributed by atoms with Gasteiger partial charge in [-0.2, -0.15) is 0 Å². The van der Waals surface area contributed by atoms with Crippen molar-refractivity contribution in [3.63, 3.8) is 0 Å². The van der Waals surface area contributed by atoms with Crippen molar-refractivity contribution in [2.45, 2.75) is 38.8 Å². The Labute approximate surface area is 87.7 Å². The summed E-state index contributed by atoms with van der Waals surface area (Å²) in [5.74, 6) is 0. The largest absolute Gasteiger partial charge is 0.311 e. The summed E-state index contributed by atoms with van der Waals surface area (Å²) in [6, 6.07) is 1.42. The number of halogens is 2. The van der Waals surface area contributed by atoms with E-state index >= 15 is 0 Å². The Kier molecular flexibility index (Phi) is 10.1. The van der Waals surface area contributed by atoms with E-state index in [1.807, 2.05) is 0 Å². The van der Waals surface area contributed by atoms with Gasteiger partial charge in [0.25, 0.3) is 0 Å². The number of nitrogens with one attached hydrogen (secondary N) is 2. The molecule has 1 rings (SSSR count). The molecule has 0 aromatic rings. The van der Waals surface area contributed by atoms with Gasteiger partial charge < -0.3 is 10.6 Å². The minimum Gasteiger partial charge on any atom is -0.311 e. The highest BCUT2D eigenvalue weighted by molar-refractivity contribution is 5.85. The van der Waals surface area contributed by atoms with Crippen LogP contribution in [0.5, 0.6) is 0 Å². The fourth-order valence-electron chi connectivity index (χ4n) is 1.34. The van der Waals surface area contributed by atoms with E-state index in [-0.39, 0.29) is 24.8 Å². The lowest BCUT2D eigenvalue weighted by atomic mass is 10.1. The van der Waals surface area contributed by atoms with Crippen molar-refractivity contribution in [3.8, 4) is 0 Å². The molecule has 1 aliphatic heterocycles. The third-order valence-corrected chi connectivity index (χ3v) is 2.29. The Morgan fingerprint density at radius 1 is 0.917 bits per heavy atom. The molecule has 1 saturated heterocycles. The number of rotatable bonds is 2. The van der Waals surface area contributed by atoms with Crippen LogP contribution in [0, 0.1) is 0 Å². The molecule has 1 aliphatic rings. The van der Waals surface area contributed by atoms with Crippen LogP contribution >= 0.6 is 24.8 Å². The van der Waals surface area contributed by atoms with Crippen LogP contribution in [0.15, 0.2) is 0 Å². The molecule has 1 heterocycles. The van der Waals surface area contributed by atoms with Gasteiger partial charge in [-0.3, -0.25) is 0 Å². The van der Waals surface area contributed by atoms with Crippen molar-refractivity contribution in [1.29, 1.82) is 0 Å². The molecular formula is C8H20Cl2N2. The third-order valence-electron chi connectivity index (χ3n) is 2.29. The first-order valence-electron chi connectivity index (χ1n) is 4.33. The van der Waals surface area contributed by atoms with Crippen molar-refractivity contribution in [2.24, 2.45) is 0 Å². The van der Waals surface area contributed by atoms with E-state index in [1.54, 1.807) is 0 Å². The summed E-state index contributed by atoms with van der Waals surface area (Å²) in [4.78, 5) is 0. The summed E-state index contributed by atoms with van der Waals surface area (Å²) in [5, 5.41) is 7.01. The van der Waals surface area contributed by atoms with Gasteiger partial charge in [-0.1, -0.05) is 13.8 Å². The molecule has 0 aromatic carbocycles. The first-order chi connectivity index (χ1) is 4.86. The van der Waals surface area contributed by atoms with Crippen LogP contribution in [0.25, 0.3) is 0 Å². The molecule has 0 saturated carbocycles. The molecule has 0 bridgehead atoms. The van der Waals surface area contributed by atoms with Crippen molar-refractivity contribution in [3.05, 3.63) is 0 Å². The molecular weight excluding hydrogens is 195 g/mol. The summed E-state index contributed by atoms with van der Waals surface area (Å²) in [6.07, 6.45) is 2.48. The van der Waals surface area contributed by atoms with E-state index < -0.39 is 0 Å². The van der Waals surface area contributed by atoms with Crippen LogP contribution in [-0.2, 0) is 0 Å². The highest BCUT2D eigenvalue weighted by atomic mass is 35.5. The summed E-state index contributed by atoms with van der Waals surface area (Å²) in [7, 11) is 0. The average molecular weight is 215 g/mol. The van der Waals surface area contributed by atoms with E-state index in [4.69, 9.17) is 0 Å². The quantitative estimate of drug-likeness (QED) is 0.730. The maximum absolute atomic E-state index is 3.51. The molecule has 0 spiro atoms. The second-order valence-corrected chi connectivity index (χ2v) is 3.03. The van der Waals surface area contributed by atoms with Crippen LogP contribution in [0.1, 0.15) is 26.7 Å². The van der Waals surface area contributed by atoms with Gasteiger partial charge in [-0.25, -0.2) is 0 Å². The van der Waals surface area contributed by atoms with Crippen molar-refractivity contribution in [1.82, 2.24) is 10.6 Å². The van der Waals surface area contributed by atoms with E-state index in [2.05, 4.69) is 24.5 Å². The highest BCUT2D eigenvalue weighted by Gasteiger charge is 2.15. The fraction of sp³-hybridized carbons (Fsp3) is 1.00. The van der Waals surface area contributed by atoms with Gasteiger partial charge in [0, 0.05) is 25.2 Å². The van der Waals surface area contributed by atoms with Crippen LogP contribution in [0.3, 0.4) is 0 Å². The molecule has 0 amide bonds. The topological polar surface area (TPSA) is 24.1 Å². The average Bonchev–Trinajstić information content (AvgIpc) is 2.05. The highest BCUT2D eigenvalue weighted by Crippen LogP contribution is 1.99. The zero-order chi connectivity index (χ0) is 7.40. The lowest BCUT2D eigenvalue weighted by molar-refractivity contribution is 0.334. The van der Waals surface area contributed by atoms with Gasteiger partial charge in [0.15, 0.2) is 0 Å². The molecule has 2 atom stereocenters. The van der Waals surface area contributed by atoms with E-state index in [0.29, 0.717) is 12.1 Å². The maximum atomic E-state index is 3.51. The van der Waals surface area contributed by atoms with E-state index in [0.717, 1.165) is 13.1 Å². The maximum Gasteiger partial charge on any atom is 0.0190 e. The van der Waals surface area contributed by atoms with Crippen LogP contribution < -0.4 is 10.6 Å².